The zero-order valence-electron chi connectivity index (χ0n) is 18.5. The summed E-state index contributed by atoms with van der Waals surface area (Å²) < 4.78 is 0. The van der Waals surface area contributed by atoms with Crippen LogP contribution in [0.5, 0.6) is 0 Å². The predicted molar refractivity (Wildman–Crippen MR) is 123 cm³/mol. The second-order valence-electron chi connectivity index (χ2n) is 8.42. The minimum atomic E-state index is -0.398. The second-order valence-corrected chi connectivity index (χ2v) is 8.42. The minimum Gasteiger partial charge on any atom is -0.378 e. The van der Waals surface area contributed by atoms with E-state index in [1.807, 2.05) is 69.2 Å². The van der Waals surface area contributed by atoms with Gasteiger partial charge in [0.1, 0.15) is 5.82 Å². The molecule has 1 aliphatic heterocycles. The van der Waals surface area contributed by atoms with Crippen LogP contribution in [-0.4, -0.2) is 30.8 Å². The van der Waals surface area contributed by atoms with Crippen LogP contribution in [-0.2, 0) is 9.59 Å². The number of hydrogen-bond acceptors (Lipinski definition) is 5. The van der Waals surface area contributed by atoms with Gasteiger partial charge in [0.25, 0.3) is 5.91 Å². The molecule has 1 aromatic heterocycles. The molecule has 4 rings (SSSR count). The van der Waals surface area contributed by atoms with Gasteiger partial charge in [-0.1, -0.05) is 12.1 Å². The van der Waals surface area contributed by atoms with E-state index >= 15 is 0 Å². The van der Waals surface area contributed by atoms with Crippen molar-refractivity contribution in [3.63, 3.8) is 0 Å². The summed E-state index contributed by atoms with van der Waals surface area (Å²) in [7, 11) is 3.98. The van der Waals surface area contributed by atoms with Gasteiger partial charge < -0.3 is 15.5 Å². The number of carbonyl (C=O) groups excluding carboxylic acids is 2. The molecule has 2 heterocycles. The number of aromatic nitrogens is 1. The maximum atomic E-state index is 13.4. The number of ketones is 1. The summed E-state index contributed by atoms with van der Waals surface area (Å²) in [5.74, 6) is -0.0246. The number of nitrogens with one attached hydrogen (secondary N) is 2. The first-order valence-corrected chi connectivity index (χ1v) is 10.6. The first-order valence-electron chi connectivity index (χ1n) is 10.6. The van der Waals surface area contributed by atoms with Crippen molar-refractivity contribution in [3.05, 3.63) is 76.3 Å². The van der Waals surface area contributed by atoms with Crippen molar-refractivity contribution in [2.75, 3.05) is 24.3 Å². The standard InChI is InChI=1S/C25H28N4O2/c1-15-12-13-26-21(14-15)28-25(31)22-16(2)27-19-6-5-7-20(30)24(19)23(22)17-8-10-18(11-9-17)29(3)4/h8-14,23,27H,5-7H2,1-4H3,(H,26,28,31)/t23-/m1/s1. The lowest BCUT2D eigenvalue weighted by Crippen LogP contribution is -2.35. The summed E-state index contributed by atoms with van der Waals surface area (Å²) in [4.78, 5) is 32.7. The molecular weight excluding hydrogens is 388 g/mol. The molecule has 2 aromatic rings. The lowest BCUT2D eigenvalue weighted by atomic mass is 9.75. The molecule has 2 aliphatic rings. The molecule has 0 unspecified atom stereocenters. The molecule has 6 nitrogen and oxygen atoms in total. The van der Waals surface area contributed by atoms with Crippen molar-refractivity contribution in [1.82, 2.24) is 10.3 Å². The number of dihydropyridines is 1. The van der Waals surface area contributed by atoms with Crippen LogP contribution in [0.1, 0.15) is 43.2 Å². The normalized spacial score (nSPS) is 18.5. The molecule has 2 N–H and O–H groups in total. The van der Waals surface area contributed by atoms with E-state index in [0.717, 1.165) is 46.6 Å². The van der Waals surface area contributed by atoms with Crippen LogP contribution in [0.25, 0.3) is 0 Å². The highest BCUT2D eigenvalue weighted by atomic mass is 16.2. The fraction of sp³-hybridized carbons (Fsp3) is 0.320. The summed E-state index contributed by atoms with van der Waals surface area (Å²) in [6.07, 6.45) is 3.84. The average molecular weight is 417 g/mol. The van der Waals surface area contributed by atoms with Crippen molar-refractivity contribution in [1.29, 1.82) is 0 Å². The highest BCUT2D eigenvalue weighted by Gasteiger charge is 2.38. The first kappa shape index (κ1) is 20.8. The summed E-state index contributed by atoms with van der Waals surface area (Å²) in [6.45, 7) is 3.86. The van der Waals surface area contributed by atoms with Gasteiger partial charge in [-0.05, 0) is 62.1 Å². The number of anilines is 2. The van der Waals surface area contributed by atoms with E-state index in [0.29, 0.717) is 17.8 Å². The SMILES string of the molecule is CC1=C(C(=O)Nc2cc(C)ccn2)[C@@H](c2ccc(N(C)C)cc2)C2=C(CCCC2=O)N1. The van der Waals surface area contributed by atoms with E-state index in [9.17, 15) is 9.59 Å². The Labute approximate surface area is 183 Å². The van der Waals surface area contributed by atoms with E-state index in [4.69, 9.17) is 0 Å². The molecule has 0 radical (unpaired) electrons. The summed E-state index contributed by atoms with van der Waals surface area (Å²) in [6, 6.07) is 11.8. The fourth-order valence-corrected chi connectivity index (χ4v) is 4.37. The van der Waals surface area contributed by atoms with Gasteiger partial charge in [-0.25, -0.2) is 4.98 Å². The Bertz CT molecular complexity index is 1100. The number of benzene rings is 1. The van der Waals surface area contributed by atoms with Crippen molar-refractivity contribution in [2.45, 2.75) is 39.0 Å². The molecule has 6 heteroatoms. The third kappa shape index (κ3) is 4.10. The van der Waals surface area contributed by atoms with Crippen molar-refractivity contribution in [2.24, 2.45) is 0 Å². The average Bonchev–Trinajstić information content (AvgIpc) is 2.73. The van der Waals surface area contributed by atoms with Gasteiger partial charge in [0, 0.05) is 60.9 Å². The monoisotopic (exact) mass is 416 g/mol. The zero-order chi connectivity index (χ0) is 22.1. The lowest BCUT2D eigenvalue weighted by molar-refractivity contribution is -0.116. The number of nitrogens with zero attached hydrogens (tertiary/aromatic N) is 2. The Hall–Kier alpha value is -3.41. The van der Waals surface area contributed by atoms with E-state index in [1.165, 1.54) is 0 Å². The van der Waals surface area contributed by atoms with E-state index in [1.54, 1.807) is 6.20 Å². The van der Waals surface area contributed by atoms with Gasteiger partial charge in [0.15, 0.2) is 5.78 Å². The fourth-order valence-electron chi connectivity index (χ4n) is 4.37. The molecule has 160 valence electrons. The molecule has 0 saturated heterocycles. The number of amides is 1. The number of allylic oxidation sites excluding steroid dienone is 3. The summed E-state index contributed by atoms with van der Waals surface area (Å²) in [5, 5.41) is 6.29. The highest BCUT2D eigenvalue weighted by molar-refractivity contribution is 6.09. The van der Waals surface area contributed by atoms with Gasteiger partial charge in [0.05, 0.1) is 0 Å². The minimum absolute atomic E-state index is 0.113. The largest absolute Gasteiger partial charge is 0.378 e. The number of hydrogen-bond donors (Lipinski definition) is 2. The topological polar surface area (TPSA) is 74.3 Å². The molecule has 0 spiro atoms. The van der Waals surface area contributed by atoms with Crippen LogP contribution in [0.2, 0.25) is 0 Å². The molecule has 31 heavy (non-hydrogen) atoms. The van der Waals surface area contributed by atoms with E-state index < -0.39 is 5.92 Å². The molecule has 0 saturated carbocycles. The van der Waals surface area contributed by atoms with Gasteiger partial charge in [-0.3, -0.25) is 9.59 Å². The van der Waals surface area contributed by atoms with Crippen LogP contribution < -0.4 is 15.5 Å². The molecule has 0 fully saturated rings. The molecule has 1 aromatic carbocycles. The van der Waals surface area contributed by atoms with Crippen LogP contribution in [0, 0.1) is 6.92 Å². The maximum Gasteiger partial charge on any atom is 0.255 e. The number of pyridine rings is 1. The van der Waals surface area contributed by atoms with Gasteiger partial charge in [0.2, 0.25) is 0 Å². The summed E-state index contributed by atoms with van der Waals surface area (Å²) >= 11 is 0. The third-order valence-corrected chi connectivity index (χ3v) is 5.92. The zero-order valence-corrected chi connectivity index (χ0v) is 18.5. The van der Waals surface area contributed by atoms with Crippen molar-refractivity contribution in [3.8, 4) is 0 Å². The number of carbonyl (C=O) groups is 2. The number of Topliss-reactive ketones (excluding diaryl/α,β-unsaturated/α-hetero) is 1. The first-order chi connectivity index (χ1) is 14.8. The Morgan fingerprint density at radius 1 is 1.13 bits per heavy atom. The van der Waals surface area contributed by atoms with Crippen molar-refractivity contribution < 1.29 is 9.59 Å². The third-order valence-electron chi connectivity index (χ3n) is 5.92. The Morgan fingerprint density at radius 2 is 1.87 bits per heavy atom. The van der Waals surface area contributed by atoms with Gasteiger partial charge >= 0.3 is 0 Å². The van der Waals surface area contributed by atoms with Crippen LogP contribution in [0.15, 0.2) is 65.1 Å². The molecule has 0 bridgehead atoms. The van der Waals surface area contributed by atoms with Crippen molar-refractivity contribution >= 4 is 23.2 Å². The molecule has 1 aliphatic carbocycles. The summed E-state index contributed by atoms with van der Waals surface area (Å²) in [5.41, 5.74) is 6.03. The van der Waals surface area contributed by atoms with Crippen LogP contribution in [0.4, 0.5) is 11.5 Å². The lowest BCUT2D eigenvalue weighted by Gasteiger charge is -2.34. The van der Waals surface area contributed by atoms with Crippen LogP contribution in [0.3, 0.4) is 0 Å². The smallest absolute Gasteiger partial charge is 0.255 e. The Balaban J connectivity index is 1.77. The van der Waals surface area contributed by atoms with E-state index in [2.05, 4.69) is 15.6 Å². The Kier molecular flexibility index (Phi) is 5.63. The predicted octanol–water partition coefficient (Wildman–Crippen LogP) is 4.06. The molecule has 1 amide bonds. The molecule has 1 atom stereocenters. The number of aryl methyl sites for hydroxylation is 1. The highest BCUT2D eigenvalue weighted by Crippen LogP contribution is 2.42. The maximum absolute atomic E-state index is 13.4. The van der Waals surface area contributed by atoms with Gasteiger partial charge in [-0.2, -0.15) is 0 Å². The molecular formula is C25H28N4O2. The van der Waals surface area contributed by atoms with Gasteiger partial charge in [-0.15, -0.1) is 0 Å². The Morgan fingerprint density at radius 3 is 2.55 bits per heavy atom. The quantitative estimate of drug-likeness (QED) is 0.786. The number of rotatable bonds is 4. The van der Waals surface area contributed by atoms with E-state index in [-0.39, 0.29) is 11.7 Å². The second kappa shape index (κ2) is 8.38. The van der Waals surface area contributed by atoms with Crippen LogP contribution >= 0.6 is 0 Å².